The first kappa shape index (κ1) is 12.4. The lowest BCUT2D eigenvalue weighted by Crippen LogP contribution is -2.25. The molecule has 2 aromatic heterocycles. The van der Waals surface area contributed by atoms with E-state index in [0.717, 1.165) is 6.42 Å². The van der Waals surface area contributed by atoms with Crippen LogP contribution in [-0.2, 0) is 0 Å². The lowest BCUT2D eigenvalue weighted by molar-refractivity contribution is 0.0947. The Morgan fingerprint density at radius 2 is 2.33 bits per heavy atom. The molecule has 0 fully saturated rings. The summed E-state index contributed by atoms with van der Waals surface area (Å²) in [5.74, 6) is 0.410. The summed E-state index contributed by atoms with van der Waals surface area (Å²) in [6.45, 7) is 4.85. The minimum absolute atomic E-state index is 0.0683. The first-order chi connectivity index (χ1) is 8.58. The summed E-state index contributed by atoms with van der Waals surface area (Å²) in [5, 5.41) is 12.4. The van der Waals surface area contributed by atoms with Gasteiger partial charge in [-0.3, -0.25) is 4.79 Å². The molecule has 5 nitrogen and oxygen atoms in total. The second-order valence-corrected chi connectivity index (χ2v) is 4.69. The van der Waals surface area contributed by atoms with Gasteiger partial charge in [-0.15, -0.1) is 0 Å². The molecule has 2 aromatic rings. The first-order valence-corrected chi connectivity index (χ1v) is 6.03. The lowest BCUT2D eigenvalue weighted by atomic mass is 10.1. The minimum atomic E-state index is -0.209. The zero-order valence-corrected chi connectivity index (χ0v) is 10.6. The topological polar surface area (TPSA) is 66.6 Å². The van der Waals surface area contributed by atoms with Crippen LogP contribution in [-0.4, -0.2) is 26.9 Å². The molecular formula is C13H17N3O2. The number of pyridine rings is 1. The highest BCUT2D eigenvalue weighted by Gasteiger charge is 2.11. The second-order valence-electron chi connectivity index (χ2n) is 4.69. The Morgan fingerprint density at radius 3 is 3.00 bits per heavy atom. The van der Waals surface area contributed by atoms with Gasteiger partial charge in [0.2, 0.25) is 0 Å². The van der Waals surface area contributed by atoms with E-state index in [0.29, 0.717) is 23.8 Å². The number of carbonyl (C=O) groups is 1. The van der Waals surface area contributed by atoms with Crippen LogP contribution in [0.1, 0.15) is 30.8 Å². The molecule has 5 heteroatoms. The smallest absolute Gasteiger partial charge is 0.271 e. The van der Waals surface area contributed by atoms with E-state index >= 15 is 0 Å². The van der Waals surface area contributed by atoms with Crippen LogP contribution in [0.4, 0.5) is 0 Å². The van der Waals surface area contributed by atoms with Gasteiger partial charge in [-0.05, 0) is 24.5 Å². The molecule has 0 saturated heterocycles. The predicted octanol–water partition coefficient (Wildman–Crippen LogP) is 1.82. The van der Waals surface area contributed by atoms with Crippen LogP contribution in [0.15, 0.2) is 24.5 Å². The molecule has 96 valence electrons. The van der Waals surface area contributed by atoms with Gasteiger partial charge < -0.3 is 14.8 Å². The second kappa shape index (κ2) is 5.08. The molecule has 0 unspecified atom stereocenters. The fourth-order valence-electron chi connectivity index (χ4n) is 1.67. The Morgan fingerprint density at radius 1 is 1.56 bits per heavy atom. The van der Waals surface area contributed by atoms with Gasteiger partial charge in [-0.1, -0.05) is 13.8 Å². The van der Waals surface area contributed by atoms with E-state index < -0.39 is 0 Å². The number of hydrogen-bond donors (Lipinski definition) is 2. The summed E-state index contributed by atoms with van der Waals surface area (Å²) in [5.41, 5.74) is 0.715. The molecule has 2 rings (SSSR count). The van der Waals surface area contributed by atoms with Crippen molar-refractivity contribution in [1.82, 2.24) is 14.7 Å². The number of aromatic hydroxyl groups is 1. The molecule has 0 bridgehead atoms. The summed E-state index contributed by atoms with van der Waals surface area (Å²) in [6, 6.07) is 3.24. The molecule has 0 aliphatic carbocycles. The molecule has 0 spiro atoms. The highest BCUT2D eigenvalue weighted by atomic mass is 16.3. The summed E-state index contributed by atoms with van der Waals surface area (Å²) in [7, 11) is 0. The molecule has 0 radical (unpaired) electrons. The maximum absolute atomic E-state index is 11.8. The molecule has 0 atom stereocenters. The van der Waals surface area contributed by atoms with Crippen LogP contribution in [0.2, 0.25) is 0 Å². The molecule has 2 heterocycles. The van der Waals surface area contributed by atoms with Crippen molar-refractivity contribution in [3.8, 4) is 5.75 Å². The van der Waals surface area contributed by atoms with Gasteiger partial charge in [0.15, 0.2) is 11.4 Å². The summed E-state index contributed by atoms with van der Waals surface area (Å²) >= 11 is 0. The number of nitrogens with one attached hydrogen (secondary N) is 1. The van der Waals surface area contributed by atoms with Gasteiger partial charge in [0, 0.05) is 18.9 Å². The van der Waals surface area contributed by atoms with E-state index in [1.165, 1.54) is 0 Å². The number of nitrogens with zero attached hydrogens (tertiary/aromatic N) is 2. The average Bonchev–Trinajstić information content (AvgIpc) is 2.74. The monoisotopic (exact) mass is 247 g/mol. The van der Waals surface area contributed by atoms with Crippen LogP contribution in [0.3, 0.4) is 0 Å². The Kier molecular flexibility index (Phi) is 3.50. The predicted molar refractivity (Wildman–Crippen MR) is 68.6 cm³/mol. The third-order valence-corrected chi connectivity index (χ3v) is 2.70. The third-order valence-electron chi connectivity index (χ3n) is 2.70. The van der Waals surface area contributed by atoms with Crippen LogP contribution in [0.25, 0.3) is 5.65 Å². The highest BCUT2D eigenvalue weighted by molar-refractivity contribution is 5.93. The number of hydrogen-bond acceptors (Lipinski definition) is 3. The molecule has 18 heavy (non-hydrogen) atoms. The van der Waals surface area contributed by atoms with Crippen LogP contribution < -0.4 is 5.32 Å². The molecule has 0 aliphatic heterocycles. The highest BCUT2D eigenvalue weighted by Crippen LogP contribution is 2.16. The van der Waals surface area contributed by atoms with E-state index in [9.17, 15) is 9.90 Å². The number of amides is 1. The maximum Gasteiger partial charge on any atom is 0.271 e. The van der Waals surface area contributed by atoms with Crippen LogP contribution in [0.5, 0.6) is 5.75 Å². The fourth-order valence-corrected chi connectivity index (χ4v) is 1.67. The van der Waals surface area contributed by atoms with E-state index in [2.05, 4.69) is 24.1 Å². The average molecular weight is 247 g/mol. The molecule has 0 saturated carbocycles. The number of carbonyl (C=O) groups excluding carboxylic acids is 1. The number of fused-ring (bicyclic) bond motifs is 1. The Bertz CT molecular complexity index is 560. The van der Waals surface area contributed by atoms with Gasteiger partial charge in [-0.25, -0.2) is 4.98 Å². The Balaban J connectivity index is 2.11. The van der Waals surface area contributed by atoms with E-state index in [1.807, 2.05) is 0 Å². The van der Waals surface area contributed by atoms with Gasteiger partial charge in [-0.2, -0.15) is 0 Å². The van der Waals surface area contributed by atoms with Gasteiger partial charge in [0.25, 0.3) is 5.91 Å². The van der Waals surface area contributed by atoms with Crippen molar-refractivity contribution in [3.05, 3.63) is 30.2 Å². The largest absolute Gasteiger partial charge is 0.504 e. The summed E-state index contributed by atoms with van der Waals surface area (Å²) in [6.07, 6.45) is 4.29. The van der Waals surface area contributed by atoms with Crippen molar-refractivity contribution in [1.29, 1.82) is 0 Å². The Hall–Kier alpha value is -2.04. The standard InChI is InChI=1S/C13H17N3O2/c1-9(2)5-6-14-13(18)10-8-16-7-3-4-11(17)12(16)15-10/h3-4,7-9,17H,5-6H2,1-2H3,(H,14,18). The van der Waals surface area contributed by atoms with Crippen molar-refractivity contribution >= 4 is 11.6 Å². The van der Waals surface area contributed by atoms with Crippen molar-refractivity contribution in [2.45, 2.75) is 20.3 Å². The van der Waals surface area contributed by atoms with Crippen molar-refractivity contribution < 1.29 is 9.90 Å². The number of aromatic nitrogens is 2. The zero-order chi connectivity index (χ0) is 13.1. The lowest BCUT2D eigenvalue weighted by Gasteiger charge is -2.04. The Labute approximate surface area is 105 Å². The maximum atomic E-state index is 11.8. The van der Waals surface area contributed by atoms with E-state index in [1.54, 1.807) is 28.9 Å². The van der Waals surface area contributed by atoms with Crippen LogP contribution in [0, 0.1) is 5.92 Å². The fraction of sp³-hybridized carbons (Fsp3) is 0.385. The molecule has 2 N–H and O–H groups in total. The number of imidazole rings is 1. The summed E-state index contributed by atoms with van der Waals surface area (Å²) < 4.78 is 1.63. The van der Waals surface area contributed by atoms with Gasteiger partial charge in [0.1, 0.15) is 5.69 Å². The SMILES string of the molecule is CC(C)CCNC(=O)c1cn2cccc(O)c2n1. The quantitative estimate of drug-likeness (QED) is 0.866. The first-order valence-electron chi connectivity index (χ1n) is 6.03. The summed E-state index contributed by atoms with van der Waals surface area (Å²) in [4.78, 5) is 15.9. The zero-order valence-electron chi connectivity index (χ0n) is 10.6. The van der Waals surface area contributed by atoms with Crippen molar-refractivity contribution in [2.24, 2.45) is 5.92 Å². The van der Waals surface area contributed by atoms with Crippen LogP contribution >= 0.6 is 0 Å². The van der Waals surface area contributed by atoms with E-state index in [-0.39, 0.29) is 11.7 Å². The van der Waals surface area contributed by atoms with Gasteiger partial charge in [0.05, 0.1) is 0 Å². The molecule has 0 aromatic carbocycles. The van der Waals surface area contributed by atoms with Gasteiger partial charge >= 0.3 is 0 Å². The molecule has 0 aliphatic rings. The normalized spacial score (nSPS) is 11.1. The molecule has 1 amide bonds. The third kappa shape index (κ3) is 2.61. The van der Waals surface area contributed by atoms with E-state index in [4.69, 9.17) is 0 Å². The number of rotatable bonds is 4. The minimum Gasteiger partial charge on any atom is -0.504 e. The molecular weight excluding hydrogens is 230 g/mol. The van der Waals surface area contributed by atoms with Crippen molar-refractivity contribution in [3.63, 3.8) is 0 Å². The van der Waals surface area contributed by atoms with Crippen molar-refractivity contribution in [2.75, 3.05) is 6.54 Å².